The number of hydrogen-bond donors (Lipinski definition) is 1. The zero-order chi connectivity index (χ0) is 16.3. The molecular formula is C15H20BrFN4O. The minimum Gasteiger partial charge on any atom is -0.347 e. The van der Waals surface area contributed by atoms with Gasteiger partial charge in [-0.05, 0) is 24.1 Å². The maximum atomic E-state index is 14.0. The normalized spacial score (nSPS) is 14.6. The molecular weight excluding hydrogens is 351 g/mol. The molecule has 2 rings (SSSR count). The monoisotopic (exact) mass is 370 g/mol. The fourth-order valence-corrected chi connectivity index (χ4v) is 2.99. The molecule has 0 bridgehead atoms. The van der Waals surface area contributed by atoms with Crippen molar-refractivity contribution in [2.45, 2.75) is 13.0 Å². The average molecular weight is 371 g/mol. The van der Waals surface area contributed by atoms with E-state index in [9.17, 15) is 9.18 Å². The van der Waals surface area contributed by atoms with E-state index in [2.05, 4.69) is 26.2 Å². The van der Waals surface area contributed by atoms with Crippen LogP contribution in [-0.2, 0) is 17.8 Å². The highest BCUT2D eigenvalue weighted by Crippen LogP contribution is 2.28. The number of halogens is 2. The van der Waals surface area contributed by atoms with Gasteiger partial charge in [0.05, 0.1) is 6.54 Å². The second-order valence-electron chi connectivity index (χ2n) is 5.35. The summed E-state index contributed by atoms with van der Waals surface area (Å²) in [7, 11) is 5.07. The number of rotatable bonds is 2. The van der Waals surface area contributed by atoms with Crippen LogP contribution in [-0.4, -0.2) is 55.9 Å². The molecule has 1 amide bonds. The van der Waals surface area contributed by atoms with Crippen LogP contribution >= 0.6 is 15.9 Å². The van der Waals surface area contributed by atoms with Crippen molar-refractivity contribution in [3.8, 4) is 0 Å². The van der Waals surface area contributed by atoms with Gasteiger partial charge in [0.15, 0.2) is 5.96 Å². The molecule has 0 aromatic heterocycles. The molecule has 0 saturated carbocycles. The van der Waals surface area contributed by atoms with Crippen LogP contribution in [0.4, 0.5) is 4.39 Å². The maximum Gasteiger partial charge on any atom is 0.241 e. The summed E-state index contributed by atoms with van der Waals surface area (Å²) in [6, 6.07) is 3.21. The van der Waals surface area contributed by atoms with Crippen molar-refractivity contribution in [2.24, 2.45) is 4.99 Å². The van der Waals surface area contributed by atoms with Crippen LogP contribution in [0.1, 0.15) is 11.1 Å². The van der Waals surface area contributed by atoms with Crippen LogP contribution in [0.2, 0.25) is 0 Å². The predicted octanol–water partition coefficient (Wildman–Crippen LogP) is 1.61. The molecule has 1 N–H and O–H groups in total. The lowest BCUT2D eigenvalue weighted by molar-refractivity contribution is -0.127. The van der Waals surface area contributed by atoms with E-state index in [0.29, 0.717) is 18.1 Å². The van der Waals surface area contributed by atoms with Gasteiger partial charge >= 0.3 is 0 Å². The zero-order valence-corrected chi connectivity index (χ0v) is 14.6. The second kappa shape index (κ2) is 7.09. The lowest BCUT2D eigenvalue weighted by Crippen LogP contribution is -2.47. The summed E-state index contributed by atoms with van der Waals surface area (Å²) in [4.78, 5) is 19.3. The number of guanidine groups is 1. The minimum absolute atomic E-state index is 0.0347. The van der Waals surface area contributed by atoms with Gasteiger partial charge in [-0.15, -0.1) is 0 Å². The molecule has 1 aromatic carbocycles. The highest BCUT2D eigenvalue weighted by Gasteiger charge is 2.23. The van der Waals surface area contributed by atoms with E-state index >= 15 is 0 Å². The van der Waals surface area contributed by atoms with E-state index in [0.717, 1.165) is 23.0 Å². The van der Waals surface area contributed by atoms with Crippen molar-refractivity contribution in [1.82, 2.24) is 15.1 Å². The van der Waals surface area contributed by atoms with Gasteiger partial charge in [0.25, 0.3) is 0 Å². The number of benzene rings is 1. The third-order valence-electron chi connectivity index (χ3n) is 3.71. The Kier molecular flexibility index (Phi) is 5.39. The van der Waals surface area contributed by atoms with Crippen LogP contribution in [0.15, 0.2) is 21.6 Å². The molecule has 1 heterocycles. The summed E-state index contributed by atoms with van der Waals surface area (Å²) in [5.41, 5.74) is 1.69. The summed E-state index contributed by atoms with van der Waals surface area (Å²) in [6.07, 6.45) is 0.732. The first-order valence-corrected chi connectivity index (χ1v) is 7.84. The first kappa shape index (κ1) is 16.7. The fraction of sp³-hybridized carbons (Fsp3) is 0.467. The first-order chi connectivity index (χ1) is 10.4. The van der Waals surface area contributed by atoms with Crippen LogP contribution in [0.3, 0.4) is 0 Å². The van der Waals surface area contributed by atoms with Gasteiger partial charge in [-0.2, -0.15) is 0 Å². The van der Waals surface area contributed by atoms with E-state index < -0.39 is 0 Å². The van der Waals surface area contributed by atoms with E-state index in [1.807, 2.05) is 4.90 Å². The Morgan fingerprint density at radius 3 is 2.82 bits per heavy atom. The number of carbonyl (C=O) groups is 1. The molecule has 1 aliphatic rings. The molecule has 0 unspecified atom stereocenters. The van der Waals surface area contributed by atoms with Crippen molar-refractivity contribution in [3.05, 3.63) is 33.5 Å². The van der Waals surface area contributed by atoms with E-state index in [1.54, 1.807) is 27.2 Å². The lowest BCUT2D eigenvalue weighted by atomic mass is 9.99. The van der Waals surface area contributed by atoms with Crippen LogP contribution in [0.25, 0.3) is 0 Å². The van der Waals surface area contributed by atoms with Gasteiger partial charge in [-0.3, -0.25) is 9.79 Å². The van der Waals surface area contributed by atoms with E-state index in [1.165, 1.54) is 11.0 Å². The number of fused-ring (bicyclic) bond motifs is 1. The average Bonchev–Trinajstić information content (AvgIpc) is 2.51. The maximum absolute atomic E-state index is 14.0. The third-order valence-corrected chi connectivity index (χ3v) is 4.45. The lowest BCUT2D eigenvalue weighted by Gasteiger charge is -2.32. The van der Waals surface area contributed by atoms with Crippen molar-refractivity contribution in [3.63, 3.8) is 0 Å². The summed E-state index contributed by atoms with van der Waals surface area (Å²) in [5, 5.41) is 3.04. The Hall–Kier alpha value is -1.63. The number of aliphatic imine (C=N–C) groups is 1. The van der Waals surface area contributed by atoms with Crippen LogP contribution in [0, 0.1) is 5.82 Å². The molecule has 1 aliphatic heterocycles. The molecule has 0 saturated heterocycles. The highest BCUT2D eigenvalue weighted by atomic mass is 79.9. The summed E-state index contributed by atoms with van der Waals surface area (Å²) in [6.45, 7) is 1.34. The number of amides is 1. The molecule has 0 fully saturated rings. The highest BCUT2D eigenvalue weighted by molar-refractivity contribution is 9.10. The Balaban J connectivity index is 2.10. The SMILES string of the molecule is CN=C(NCC(=O)N(C)C)N1CCc2c(Br)ccc(F)c2C1. The molecule has 0 spiro atoms. The summed E-state index contributed by atoms with van der Waals surface area (Å²) in [5.74, 6) is 0.371. The second-order valence-corrected chi connectivity index (χ2v) is 6.20. The van der Waals surface area contributed by atoms with E-state index in [-0.39, 0.29) is 18.3 Å². The Morgan fingerprint density at radius 2 is 2.18 bits per heavy atom. The van der Waals surface area contributed by atoms with Crippen LogP contribution in [0.5, 0.6) is 0 Å². The Morgan fingerprint density at radius 1 is 1.45 bits per heavy atom. The number of carbonyl (C=O) groups excluding carboxylic acids is 1. The van der Waals surface area contributed by atoms with Gasteiger partial charge < -0.3 is 15.1 Å². The molecule has 0 aliphatic carbocycles. The molecule has 1 aromatic rings. The largest absolute Gasteiger partial charge is 0.347 e. The van der Waals surface area contributed by atoms with Gasteiger partial charge in [0.2, 0.25) is 5.91 Å². The Labute approximate surface area is 138 Å². The van der Waals surface area contributed by atoms with Gasteiger partial charge in [0.1, 0.15) is 5.82 Å². The summed E-state index contributed by atoms with van der Waals surface area (Å²) < 4.78 is 15.0. The molecule has 22 heavy (non-hydrogen) atoms. The van der Waals surface area contributed by atoms with Crippen molar-refractivity contribution >= 4 is 27.8 Å². The first-order valence-electron chi connectivity index (χ1n) is 7.05. The minimum atomic E-state index is -0.206. The zero-order valence-electron chi connectivity index (χ0n) is 13.0. The van der Waals surface area contributed by atoms with Crippen molar-refractivity contribution < 1.29 is 9.18 Å². The Bertz CT molecular complexity index is 603. The quantitative estimate of drug-likeness (QED) is 0.635. The molecule has 120 valence electrons. The fourth-order valence-electron chi connectivity index (χ4n) is 2.42. The van der Waals surface area contributed by atoms with Gasteiger partial charge in [0, 0.05) is 44.3 Å². The third kappa shape index (κ3) is 3.58. The number of likely N-dealkylation sites (N-methyl/N-ethyl adjacent to an activating group) is 1. The number of hydrogen-bond acceptors (Lipinski definition) is 2. The number of nitrogens with one attached hydrogen (secondary N) is 1. The van der Waals surface area contributed by atoms with E-state index in [4.69, 9.17) is 0 Å². The summed E-state index contributed by atoms with van der Waals surface area (Å²) >= 11 is 3.47. The topological polar surface area (TPSA) is 47.9 Å². The van der Waals surface area contributed by atoms with Crippen molar-refractivity contribution in [2.75, 3.05) is 34.2 Å². The molecule has 5 nitrogen and oxygen atoms in total. The van der Waals surface area contributed by atoms with Gasteiger partial charge in [-0.1, -0.05) is 15.9 Å². The smallest absolute Gasteiger partial charge is 0.241 e. The van der Waals surface area contributed by atoms with Crippen molar-refractivity contribution in [1.29, 1.82) is 0 Å². The molecule has 7 heteroatoms. The number of nitrogens with zero attached hydrogens (tertiary/aromatic N) is 3. The van der Waals surface area contributed by atoms with Crippen LogP contribution < -0.4 is 5.32 Å². The predicted molar refractivity (Wildman–Crippen MR) is 88.3 cm³/mol. The molecule has 0 radical (unpaired) electrons. The molecule has 0 atom stereocenters. The van der Waals surface area contributed by atoms with Gasteiger partial charge in [-0.25, -0.2) is 4.39 Å². The standard InChI is InChI=1S/C15H20BrFN4O/c1-18-15(19-8-14(22)20(2)3)21-7-6-10-11(9-21)13(17)5-4-12(10)16/h4-5H,6-9H2,1-3H3,(H,18,19).